The summed E-state index contributed by atoms with van der Waals surface area (Å²) in [4.78, 5) is 2.68. The maximum atomic E-state index is 5.58. The third-order valence-corrected chi connectivity index (χ3v) is 4.76. The molecule has 3 nitrogen and oxygen atoms in total. The topological polar surface area (TPSA) is 24.5 Å². The molecule has 21 heavy (non-hydrogen) atoms. The molecule has 2 unspecified atom stereocenters. The molecule has 0 spiro atoms. The van der Waals surface area contributed by atoms with Gasteiger partial charge in [0.05, 0.1) is 6.61 Å². The zero-order valence-corrected chi connectivity index (χ0v) is 13.1. The standard InChI is InChI=1S/C18H28N2O/c1-2-21-11-10-20-14-17(12-15-6-4-3-5-7-15)19-13-18(20)16-8-9-16/h3-7,16-19H,2,8-14H2,1H3. The van der Waals surface area contributed by atoms with E-state index in [2.05, 4.69) is 47.5 Å². The van der Waals surface area contributed by atoms with Gasteiger partial charge in [-0.1, -0.05) is 30.3 Å². The summed E-state index contributed by atoms with van der Waals surface area (Å²) in [5.74, 6) is 0.928. The molecule has 116 valence electrons. The molecule has 1 aromatic rings. The number of rotatable bonds is 7. The van der Waals surface area contributed by atoms with Crippen LogP contribution in [0, 0.1) is 5.92 Å². The van der Waals surface area contributed by atoms with Gasteiger partial charge in [-0.15, -0.1) is 0 Å². The maximum Gasteiger partial charge on any atom is 0.0593 e. The van der Waals surface area contributed by atoms with E-state index in [0.717, 1.165) is 51.2 Å². The van der Waals surface area contributed by atoms with E-state index in [0.29, 0.717) is 6.04 Å². The van der Waals surface area contributed by atoms with Gasteiger partial charge in [0.15, 0.2) is 0 Å². The normalized spacial score (nSPS) is 26.9. The van der Waals surface area contributed by atoms with Crippen molar-refractivity contribution in [2.75, 3.05) is 32.8 Å². The number of hydrogen-bond acceptors (Lipinski definition) is 3. The van der Waals surface area contributed by atoms with E-state index in [1.165, 1.54) is 18.4 Å². The van der Waals surface area contributed by atoms with Crippen molar-refractivity contribution in [3.8, 4) is 0 Å². The van der Waals surface area contributed by atoms with Crippen molar-refractivity contribution in [2.45, 2.75) is 38.3 Å². The Balaban J connectivity index is 1.55. The summed E-state index contributed by atoms with van der Waals surface area (Å²) in [6.07, 6.45) is 3.96. The van der Waals surface area contributed by atoms with Crippen LogP contribution in [0.2, 0.25) is 0 Å². The van der Waals surface area contributed by atoms with Crippen molar-refractivity contribution in [1.29, 1.82) is 0 Å². The summed E-state index contributed by atoms with van der Waals surface area (Å²) < 4.78 is 5.58. The maximum absolute atomic E-state index is 5.58. The number of benzene rings is 1. The van der Waals surface area contributed by atoms with Crippen molar-refractivity contribution in [1.82, 2.24) is 10.2 Å². The van der Waals surface area contributed by atoms with Gasteiger partial charge in [-0.2, -0.15) is 0 Å². The highest BCUT2D eigenvalue weighted by Gasteiger charge is 2.38. The fraction of sp³-hybridized carbons (Fsp3) is 0.667. The minimum Gasteiger partial charge on any atom is -0.380 e. The van der Waals surface area contributed by atoms with E-state index in [-0.39, 0.29) is 0 Å². The first-order chi connectivity index (χ1) is 10.4. The molecule has 1 saturated heterocycles. The van der Waals surface area contributed by atoms with Gasteiger partial charge in [-0.05, 0) is 37.7 Å². The molecule has 1 heterocycles. The Bertz CT molecular complexity index is 418. The van der Waals surface area contributed by atoms with Crippen LogP contribution in [-0.4, -0.2) is 49.8 Å². The molecule has 2 aliphatic rings. The van der Waals surface area contributed by atoms with Gasteiger partial charge in [0, 0.05) is 38.3 Å². The van der Waals surface area contributed by atoms with Crippen LogP contribution in [0.15, 0.2) is 30.3 Å². The van der Waals surface area contributed by atoms with Crippen LogP contribution in [0.25, 0.3) is 0 Å². The summed E-state index contributed by atoms with van der Waals surface area (Å²) in [6, 6.07) is 12.1. The van der Waals surface area contributed by atoms with Crippen LogP contribution in [0.5, 0.6) is 0 Å². The lowest BCUT2D eigenvalue weighted by molar-refractivity contribution is 0.0628. The molecule has 1 N–H and O–H groups in total. The first kappa shape index (κ1) is 15.0. The van der Waals surface area contributed by atoms with Gasteiger partial charge in [-0.25, -0.2) is 0 Å². The lowest BCUT2D eigenvalue weighted by atomic mass is 9.99. The van der Waals surface area contributed by atoms with Gasteiger partial charge >= 0.3 is 0 Å². The van der Waals surface area contributed by atoms with Crippen molar-refractivity contribution < 1.29 is 4.74 Å². The van der Waals surface area contributed by atoms with Gasteiger partial charge in [-0.3, -0.25) is 4.90 Å². The summed E-state index contributed by atoms with van der Waals surface area (Å²) in [7, 11) is 0. The molecule has 0 bridgehead atoms. The zero-order valence-electron chi connectivity index (χ0n) is 13.1. The first-order valence-corrected chi connectivity index (χ1v) is 8.46. The van der Waals surface area contributed by atoms with Crippen LogP contribution in [0.1, 0.15) is 25.3 Å². The Labute approximate surface area is 128 Å². The van der Waals surface area contributed by atoms with Crippen molar-refractivity contribution in [2.24, 2.45) is 5.92 Å². The second-order valence-corrected chi connectivity index (χ2v) is 6.39. The highest BCUT2D eigenvalue weighted by Crippen LogP contribution is 2.36. The summed E-state index contributed by atoms with van der Waals surface area (Å²) in [5, 5.41) is 3.78. The molecule has 0 aromatic heterocycles. The molecule has 1 aliphatic heterocycles. The van der Waals surface area contributed by atoms with E-state index >= 15 is 0 Å². The lowest BCUT2D eigenvalue weighted by Gasteiger charge is -2.41. The Morgan fingerprint density at radius 2 is 2.05 bits per heavy atom. The highest BCUT2D eigenvalue weighted by molar-refractivity contribution is 5.16. The van der Waals surface area contributed by atoms with Crippen LogP contribution < -0.4 is 5.32 Å². The molecule has 2 fully saturated rings. The second kappa shape index (κ2) is 7.39. The van der Waals surface area contributed by atoms with Crippen LogP contribution in [0.3, 0.4) is 0 Å². The molecule has 3 rings (SSSR count). The number of ether oxygens (including phenoxy) is 1. The summed E-state index contributed by atoms with van der Waals surface area (Å²) in [6.45, 7) is 7.17. The molecule has 0 amide bonds. The smallest absolute Gasteiger partial charge is 0.0593 e. The molecule has 2 atom stereocenters. The Morgan fingerprint density at radius 1 is 1.24 bits per heavy atom. The van der Waals surface area contributed by atoms with E-state index < -0.39 is 0 Å². The van der Waals surface area contributed by atoms with Gasteiger partial charge < -0.3 is 10.1 Å². The minimum atomic E-state index is 0.573. The summed E-state index contributed by atoms with van der Waals surface area (Å²) >= 11 is 0. The lowest BCUT2D eigenvalue weighted by Crippen LogP contribution is -2.58. The second-order valence-electron chi connectivity index (χ2n) is 6.39. The number of hydrogen-bond donors (Lipinski definition) is 1. The number of nitrogens with zero attached hydrogens (tertiary/aromatic N) is 1. The van der Waals surface area contributed by atoms with E-state index in [4.69, 9.17) is 4.74 Å². The van der Waals surface area contributed by atoms with Crippen LogP contribution in [-0.2, 0) is 11.2 Å². The largest absolute Gasteiger partial charge is 0.380 e. The minimum absolute atomic E-state index is 0.573. The van der Waals surface area contributed by atoms with Crippen LogP contribution in [0.4, 0.5) is 0 Å². The molecular formula is C18H28N2O. The number of piperazine rings is 1. The van der Waals surface area contributed by atoms with Gasteiger partial charge in [0.1, 0.15) is 0 Å². The van der Waals surface area contributed by atoms with Gasteiger partial charge in [0.25, 0.3) is 0 Å². The van der Waals surface area contributed by atoms with E-state index in [1.807, 2.05) is 0 Å². The fourth-order valence-corrected chi connectivity index (χ4v) is 3.46. The quantitative estimate of drug-likeness (QED) is 0.779. The zero-order chi connectivity index (χ0) is 14.5. The Hall–Kier alpha value is -0.900. The number of nitrogens with one attached hydrogen (secondary N) is 1. The first-order valence-electron chi connectivity index (χ1n) is 8.46. The molecule has 3 heteroatoms. The van der Waals surface area contributed by atoms with Gasteiger partial charge in [0.2, 0.25) is 0 Å². The Morgan fingerprint density at radius 3 is 2.76 bits per heavy atom. The van der Waals surface area contributed by atoms with Crippen LogP contribution >= 0.6 is 0 Å². The average molecular weight is 288 g/mol. The van der Waals surface area contributed by atoms with Crippen molar-refractivity contribution >= 4 is 0 Å². The predicted molar refractivity (Wildman–Crippen MR) is 86.5 cm³/mol. The third kappa shape index (κ3) is 4.29. The van der Waals surface area contributed by atoms with Crippen molar-refractivity contribution in [3.63, 3.8) is 0 Å². The molecule has 0 radical (unpaired) electrons. The van der Waals surface area contributed by atoms with E-state index in [9.17, 15) is 0 Å². The molecular weight excluding hydrogens is 260 g/mol. The summed E-state index contributed by atoms with van der Waals surface area (Å²) in [5.41, 5.74) is 1.43. The fourth-order valence-electron chi connectivity index (χ4n) is 3.46. The molecule has 1 aliphatic carbocycles. The Kier molecular flexibility index (Phi) is 5.28. The predicted octanol–water partition coefficient (Wildman–Crippen LogP) is 2.32. The monoisotopic (exact) mass is 288 g/mol. The third-order valence-electron chi connectivity index (χ3n) is 4.76. The van der Waals surface area contributed by atoms with Crippen molar-refractivity contribution in [3.05, 3.63) is 35.9 Å². The SMILES string of the molecule is CCOCCN1CC(Cc2ccccc2)NCC1C1CC1. The molecule has 1 saturated carbocycles. The van der Waals surface area contributed by atoms with E-state index in [1.54, 1.807) is 0 Å². The molecule has 1 aromatic carbocycles. The highest BCUT2D eigenvalue weighted by atomic mass is 16.5. The average Bonchev–Trinajstić information content (AvgIpc) is 3.34.